The third kappa shape index (κ3) is 5.49. The zero-order valence-electron chi connectivity index (χ0n) is 22.9. The normalized spacial score (nSPS) is 21.2. The number of fused-ring (bicyclic) bond motifs is 2. The molecule has 0 unspecified atom stereocenters. The summed E-state index contributed by atoms with van der Waals surface area (Å²) in [4.78, 5) is 24.8. The van der Waals surface area contributed by atoms with Crippen molar-refractivity contribution in [2.24, 2.45) is 5.92 Å². The molecule has 1 saturated heterocycles. The Labute approximate surface area is 232 Å². The van der Waals surface area contributed by atoms with Crippen LogP contribution >= 0.6 is 0 Å². The highest BCUT2D eigenvalue weighted by Crippen LogP contribution is 2.41. The largest absolute Gasteiger partial charge is 0.370 e. The molecule has 1 saturated carbocycles. The number of rotatable bonds is 3. The topological polar surface area (TPSA) is 39.7 Å². The third-order valence-electron chi connectivity index (χ3n) is 8.59. The Morgan fingerprint density at radius 2 is 1.46 bits per heavy atom. The van der Waals surface area contributed by atoms with Gasteiger partial charge in [0, 0.05) is 74.7 Å². The fourth-order valence-corrected chi connectivity index (χ4v) is 6.45. The second kappa shape index (κ2) is 11.5. The van der Waals surface area contributed by atoms with E-state index in [1.807, 2.05) is 29.4 Å². The van der Waals surface area contributed by atoms with E-state index in [1.54, 1.807) is 0 Å². The van der Waals surface area contributed by atoms with Gasteiger partial charge in [-0.05, 0) is 59.7 Å². The van der Waals surface area contributed by atoms with Crippen LogP contribution < -0.4 is 9.80 Å². The van der Waals surface area contributed by atoms with Gasteiger partial charge in [-0.15, -0.1) is 0 Å². The predicted octanol–water partition coefficient (Wildman–Crippen LogP) is 6.38. The maximum absolute atomic E-state index is 14.0. The van der Waals surface area contributed by atoms with Crippen molar-refractivity contribution in [1.82, 2.24) is 9.88 Å². The van der Waals surface area contributed by atoms with E-state index < -0.39 is 0 Å². The molecule has 2 aromatic carbocycles. The van der Waals surface area contributed by atoms with Crippen LogP contribution in [-0.4, -0.2) is 55.6 Å². The van der Waals surface area contributed by atoms with Crippen molar-refractivity contribution in [3.05, 3.63) is 95.3 Å². The SMILES string of the molecule is CN1C/C(C(=O)N2CCN(c3ccncc3)CC2)=C\c2ccccc2/C=C(\C2CCCCC2)c2ccccc21. The number of para-hydroxylation sites is 1. The average molecular weight is 519 g/mol. The number of aromatic nitrogens is 1. The molecule has 3 aromatic rings. The fraction of sp³-hybridized carbons (Fsp3) is 0.353. The summed E-state index contributed by atoms with van der Waals surface area (Å²) < 4.78 is 0. The van der Waals surface area contributed by atoms with Gasteiger partial charge in [0.2, 0.25) is 0 Å². The summed E-state index contributed by atoms with van der Waals surface area (Å²) in [5.41, 5.74) is 8.28. The van der Waals surface area contributed by atoms with Crippen molar-refractivity contribution in [2.45, 2.75) is 32.1 Å². The number of pyridine rings is 1. The summed E-state index contributed by atoms with van der Waals surface area (Å²) in [6, 6.07) is 21.4. The quantitative estimate of drug-likeness (QED) is 0.403. The van der Waals surface area contributed by atoms with Crippen molar-refractivity contribution in [1.29, 1.82) is 0 Å². The lowest BCUT2D eigenvalue weighted by Crippen LogP contribution is -2.49. The lowest BCUT2D eigenvalue weighted by atomic mass is 9.79. The summed E-state index contributed by atoms with van der Waals surface area (Å²) in [5.74, 6) is 0.711. The minimum atomic E-state index is 0.139. The first kappa shape index (κ1) is 25.4. The number of piperazine rings is 1. The number of carbonyl (C=O) groups excluding carboxylic acids is 1. The summed E-state index contributed by atoms with van der Waals surface area (Å²) in [6.45, 7) is 3.66. The van der Waals surface area contributed by atoms with Crippen molar-refractivity contribution in [3.63, 3.8) is 0 Å². The molecule has 39 heavy (non-hydrogen) atoms. The molecular weight excluding hydrogens is 480 g/mol. The molecule has 1 aliphatic carbocycles. The molecule has 1 aromatic heterocycles. The van der Waals surface area contributed by atoms with E-state index >= 15 is 0 Å². The lowest BCUT2D eigenvalue weighted by molar-refractivity contribution is -0.127. The molecule has 2 fully saturated rings. The van der Waals surface area contributed by atoms with Gasteiger partial charge in [-0.25, -0.2) is 0 Å². The average Bonchev–Trinajstić information content (AvgIpc) is 3.00. The molecule has 3 heterocycles. The van der Waals surface area contributed by atoms with Gasteiger partial charge in [-0.1, -0.05) is 67.8 Å². The van der Waals surface area contributed by atoms with Crippen molar-refractivity contribution < 1.29 is 4.79 Å². The van der Waals surface area contributed by atoms with Crippen LogP contribution in [0, 0.1) is 5.92 Å². The number of anilines is 2. The minimum Gasteiger partial charge on any atom is -0.370 e. The molecule has 0 radical (unpaired) electrons. The Morgan fingerprint density at radius 3 is 2.21 bits per heavy atom. The summed E-state index contributed by atoms with van der Waals surface area (Å²) in [5, 5.41) is 0. The smallest absolute Gasteiger partial charge is 0.251 e. The monoisotopic (exact) mass is 518 g/mol. The number of nitrogens with zero attached hydrogens (tertiary/aromatic N) is 4. The first-order valence-electron chi connectivity index (χ1n) is 14.4. The first-order chi connectivity index (χ1) is 19.2. The molecule has 6 rings (SSSR count). The Bertz CT molecular complexity index is 1360. The minimum absolute atomic E-state index is 0.139. The van der Waals surface area contributed by atoms with Crippen molar-refractivity contribution in [2.75, 3.05) is 49.6 Å². The number of carbonyl (C=O) groups is 1. The van der Waals surface area contributed by atoms with Crippen LogP contribution in [-0.2, 0) is 4.79 Å². The summed E-state index contributed by atoms with van der Waals surface area (Å²) in [6.07, 6.45) is 14.7. The number of amides is 1. The molecule has 1 amide bonds. The molecular formula is C34H38N4O. The molecule has 0 atom stereocenters. The van der Waals surface area contributed by atoms with Gasteiger partial charge < -0.3 is 14.7 Å². The van der Waals surface area contributed by atoms with E-state index in [0.29, 0.717) is 25.6 Å². The van der Waals surface area contributed by atoms with E-state index in [-0.39, 0.29) is 5.91 Å². The van der Waals surface area contributed by atoms with Crippen molar-refractivity contribution in [3.8, 4) is 0 Å². The number of benzene rings is 2. The molecule has 3 aliphatic rings. The highest BCUT2D eigenvalue weighted by molar-refractivity contribution is 6.01. The van der Waals surface area contributed by atoms with E-state index in [2.05, 4.69) is 82.5 Å². The fourth-order valence-electron chi connectivity index (χ4n) is 6.45. The van der Waals surface area contributed by atoms with Crippen LogP contribution in [0.5, 0.6) is 0 Å². The zero-order chi connectivity index (χ0) is 26.6. The number of allylic oxidation sites excluding steroid dienone is 1. The van der Waals surface area contributed by atoms with Crippen molar-refractivity contribution >= 4 is 35.0 Å². The summed E-state index contributed by atoms with van der Waals surface area (Å²) >= 11 is 0. The van der Waals surface area contributed by atoms with Gasteiger partial charge in [0.05, 0.1) is 0 Å². The van der Waals surface area contributed by atoms with Crippen LogP contribution in [0.25, 0.3) is 17.7 Å². The molecule has 0 N–H and O–H groups in total. The molecule has 5 heteroatoms. The number of likely N-dealkylation sites (N-methyl/N-ethyl adjacent to an activating group) is 1. The standard InChI is InChI=1S/C34H38N4O/c1-36-25-29(34(39)38-21-19-37(20-22-38)30-15-17-35-18-16-30)23-27-11-5-6-12-28(27)24-32(26-9-3-2-4-10-26)31-13-7-8-14-33(31)36/h5-8,11-18,23-24,26H,2-4,9-10,19-22,25H2,1H3/b29-23+,32-24+. The van der Waals surface area contributed by atoms with Crippen LogP contribution in [0.4, 0.5) is 11.4 Å². The van der Waals surface area contributed by atoms with Gasteiger partial charge in [-0.3, -0.25) is 9.78 Å². The highest BCUT2D eigenvalue weighted by atomic mass is 16.2. The van der Waals surface area contributed by atoms with E-state index in [9.17, 15) is 4.79 Å². The Kier molecular flexibility index (Phi) is 7.49. The van der Waals surface area contributed by atoms with E-state index in [0.717, 1.165) is 24.2 Å². The highest BCUT2D eigenvalue weighted by Gasteiger charge is 2.27. The molecule has 2 aliphatic heterocycles. The summed E-state index contributed by atoms with van der Waals surface area (Å²) in [7, 11) is 2.13. The van der Waals surface area contributed by atoms with Crippen LogP contribution in [0.2, 0.25) is 0 Å². The Morgan fingerprint density at radius 1 is 0.795 bits per heavy atom. The molecule has 0 spiro atoms. The lowest BCUT2D eigenvalue weighted by Gasteiger charge is -2.37. The zero-order valence-corrected chi connectivity index (χ0v) is 22.9. The van der Waals surface area contributed by atoms with Gasteiger partial charge in [0.15, 0.2) is 0 Å². The number of hydrogen-bond acceptors (Lipinski definition) is 4. The predicted molar refractivity (Wildman–Crippen MR) is 162 cm³/mol. The number of hydrogen-bond donors (Lipinski definition) is 0. The molecule has 5 nitrogen and oxygen atoms in total. The van der Waals surface area contributed by atoms with Crippen LogP contribution in [0.15, 0.2) is 78.6 Å². The first-order valence-corrected chi connectivity index (χ1v) is 14.4. The second-order valence-electron chi connectivity index (χ2n) is 11.1. The molecule has 0 bridgehead atoms. The maximum atomic E-state index is 14.0. The van der Waals surface area contributed by atoms with Gasteiger partial charge in [0.1, 0.15) is 0 Å². The van der Waals surface area contributed by atoms with Crippen LogP contribution in [0.1, 0.15) is 48.8 Å². The van der Waals surface area contributed by atoms with Gasteiger partial charge in [-0.2, -0.15) is 0 Å². The molecule has 200 valence electrons. The third-order valence-corrected chi connectivity index (χ3v) is 8.59. The van der Waals surface area contributed by atoms with Crippen LogP contribution in [0.3, 0.4) is 0 Å². The maximum Gasteiger partial charge on any atom is 0.251 e. The van der Waals surface area contributed by atoms with E-state index in [4.69, 9.17) is 0 Å². The van der Waals surface area contributed by atoms with Gasteiger partial charge >= 0.3 is 0 Å². The van der Waals surface area contributed by atoms with E-state index in [1.165, 1.54) is 60.2 Å². The van der Waals surface area contributed by atoms with Gasteiger partial charge in [0.25, 0.3) is 5.91 Å². The second-order valence-corrected chi connectivity index (χ2v) is 11.1. The Hall–Kier alpha value is -3.86. The Balaban J connectivity index is 1.35.